The van der Waals surface area contributed by atoms with E-state index in [1.54, 1.807) is 48.5 Å². The van der Waals surface area contributed by atoms with E-state index >= 15 is 0 Å². The lowest BCUT2D eigenvalue weighted by Gasteiger charge is -2.07. The Hall–Kier alpha value is -3.08. The predicted octanol–water partition coefficient (Wildman–Crippen LogP) is 3.44. The van der Waals surface area contributed by atoms with Crippen molar-refractivity contribution in [2.24, 2.45) is 0 Å². The fraction of sp³-hybridized carbons (Fsp3) is 0.111. The summed E-state index contributed by atoms with van der Waals surface area (Å²) in [5.74, 6) is 0.271. The molecule has 116 valence electrons. The lowest BCUT2D eigenvalue weighted by molar-refractivity contribution is 0.102. The quantitative estimate of drug-likeness (QED) is 0.750. The standard InChI is InChI=1S/C18H15NO4/c1-2-22-14-9-8-13-10-15(18(21)23-16(13)11-14)19-17(20)12-6-4-3-5-7-12/h3-11H,2H2,1H3,(H,19,20). The van der Waals surface area contributed by atoms with E-state index in [4.69, 9.17) is 9.15 Å². The maximum Gasteiger partial charge on any atom is 0.360 e. The van der Waals surface area contributed by atoms with E-state index in [1.165, 1.54) is 0 Å². The third kappa shape index (κ3) is 3.23. The highest BCUT2D eigenvalue weighted by atomic mass is 16.5. The minimum Gasteiger partial charge on any atom is -0.494 e. The second-order valence-corrected chi connectivity index (χ2v) is 4.90. The van der Waals surface area contributed by atoms with Crippen molar-refractivity contribution in [3.63, 3.8) is 0 Å². The number of hydrogen-bond acceptors (Lipinski definition) is 4. The van der Waals surface area contributed by atoms with Crippen LogP contribution in [0.1, 0.15) is 17.3 Å². The van der Waals surface area contributed by atoms with Crippen molar-refractivity contribution in [2.45, 2.75) is 6.92 Å². The molecule has 0 radical (unpaired) electrons. The van der Waals surface area contributed by atoms with Gasteiger partial charge in [-0.1, -0.05) is 18.2 Å². The summed E-state index contributed by atoms with van der Waals surface area (Å²) in [6.07, 6.45) is 0. The molecule has 23 heavy (non-hydrogen) atoms. The van der Waals surface area contributed by atoms with Gasteiger partial charge in [0.15, 0.2) is 0 Å². The van der Waals surface area contributed by atoms with Gasteiger partial charge in [-0.2, -0.15) is 0 Å². The molecule has 1 aromatic heterocycles. The zero-order valence-electron chi connectivity index (χ0n) is 12.5. The second-order valence-electron chi connectivity index (χ2n) is 4.90. The first-order valence-corrected chi connectivity index (χ1v) is 7.24. The van der Waals surface area contributed by atoms with Gasteiger partial charge in [0.25, 0.3) is 5.91 Å². The minimum absolute atomic E-state index is 0.107. The Morgan fingerprint density at radius 3 is 2.65 bits per heavy atom. The molecule has 1 N–H and O–H groups in total. The molecule has 1 heterocycles. The molecule has 0 saturated heterocycles. The van der Waals surface area contributed by atoms with E-state index in [9.17, 15) is 9.59 Å². The van der Waals surface area contributed by atoms with Gasteiger partial charge in [0.2, 0.25) is 0 Å². The highest BCUT2D eigenvalue weighted by Gasteiger charge is 2.11. The smallest absolute Gasteiger partial charge is 0.360 e. The normalized spacial score (nSPS) is 10.5. The number of anilines is 1. The van der Waals surface area contributed by atoms with Crippen molar-refractivity contribution in [2.75, 3.05) is 11.9 Å². The van der Waals surface area contributed by atoms with Crippen LogP contribution in [0.15, 0.2) is 63.8 Å². The molecule has 1 amide bonds. The maximum absolute atomic E-state index is 12.1. The number of amides is 1. The Labute approximate surface area is 132 Å². The van der Waals surface area contributed by atoms with E-state index in [-0.39, 0.29) is 11.6 Å². The largest absolute Gasteiger partial charge is 0.494 e. The monoisotopic (exact) mass is 309 g/mol. The van der Waals surface area contributed by atoms with Crippen LogP contribution in [0.2, 0.25) is 0 Å². The van der Waals surface area contributed by atoms with Gasteiger partial charge in [0.05, 0.1) is 6.61 Å². The zero-order valence-corrected chi connectivity index (χ0v) is 12.5. The Morgan fingerprint density at radius 1 is 1.13 bits per heavy atom. The lowest BCUT2D eigenvalue weighted by atomic mass is 10.2. The predicted molar refractivity (Wildman–Crippen MR) is 88.0 cm³/mol. The first-order valence-electron chi connectivity index (χ1n) is 7.24. The van der Waals surface area contributed by atoms with Crippen LogP contribution in [0.5, 0.6) is 5.75 Å². The molecule has 0 unspecified atom stereocenters. The van der Waals surface area contributed by atoms with E-state index in [1.807, 2.05) is 13.0 Å². The summed E-state index contributed by atoms with van der Waals surface area (Å²) in [5.41, 5.74) is 0.392. The summed E-state index contributed by atoms with van der Waals surface area (Å²) in [6, 6.07) is 15.5. The van der Waals surface area contributed by atoms with Crippen LogP contribution >= 0.6 is 0 Å². The number of nitrogens with one attached hydrogen (secondary N) is 1. The van der Waals surface area contributed by atoms with Gasteiger partial charge >= 0.3 is 5.63 Å². The SMILES string of the molecule is CCOc1ccc2cc(NC(=O)c3ccccc3)c(=O)oc2c1. The molecule has 5 nitrogen and oxygen atoms in total. The van der Waals surface area contributed by atoms with Crippen LogP contribution in [0.3, 0.4) is 0 Å². The van der Waals surface area contributed by atoms with Gasteiger partial charge in [0, 0.05) is 17.0 Å². The summed E-state index contributed by atoms with van der Waals surface area (Å²) in [6.45, 7) is 2.41. The van der Waals surface area contributed by atoms with Crippen molar-refractivity contribution < 1.29 is 13.9 Å². The molecular formula is C18H15NO4. The molecule has 0 aliphatic rings. The van der Waals surface area contributed by atoms with Crippen molar-refractivity contribution >= 4 is 22.6 Å². The van der Waals surface area contributed by atoms with Crippen LogP contribution in [0.4, 0.5) is 5.69 Å². The van der Waals surface area contributed by atoms with Gasteiger partial charge in [-0.15, -0.1) is 0 Å². The molecule has 5 heteroatoms. The topological polar surface area (TPSA) is 68.5 Å². The number of benzene rings is 2. The molecule has 3 rings (SSSR count). The number of hydrogen-bond donors (Lipinski definition) is 1. The Morgan fingerprint density at radius 2 is 1.91 bits per heavy atom. The van der Waals surface area contributed by atoms with Crippen LogP contribution in [-0.4, -0.2) is 12.5 Å². The summed E-state index contributed by atoms with van der Waals surface area (Å²) in [7, 11) is 0. The summed E-state index contributed by atoms with van der Waals surface area (Å²) < 4.78 is 10.6. The van der Waals surface area contributed by atoms with Crippen molar-refractivity contribution in [1.82, 2.24) is 0 Å². The van der Waals surface area contributed by atoms with Gasteiger partial charge in [-0.25, -0.2) is 4.79 Å². The number of fused-ring (bicyclic) bond motifs is 1. The molecule has 0 atom stereocenters. The summed E-state index contributed by atoms with van der Waals surface area (Å²) in [4.78, 5) is 24.2. The van der Waals surface area contributed by atoms with Crippen LogP contribution in [0.25, 0.3) is 11.0 Å². The molecule has 0 spiro atoms. The Kier molecular flexibility index (Phi) is 4.10. The second kappa shape index (κ2) is 6.36. The van der Waals surface area contributed by atoms with Crippen molar-refractivity contribution in [3.8, 4) is 5.75 Å². The lowest BCUT2D eigenvalue weighted by Crippen LogP contribution is -2.17. The molecule has 0 aliphatic carbocycles. The van der Waals surface area contributed by atoms with Crippen molar-refractivity contribution in [3.05, 3.63) is 70.6 Å². The fourth-order valence-electron chi connectivity index (χ4n) is 2.22. The third-order valence-electron chi connectivity index (χ3n) is 3.30. The van der Waals surface area contributed by atoms with Gasteiger partial charge < -0.3 is 14.5 Å². The molecule has 0 bridgehead atoms. The van der Waals surface area contributed by atoms with Gasteiger partial charge in [0.1, 0.15) is 17.0 Å². The van der Waals surface area contributed by atoms with Gasteiger partial charge in [-0.05, 0) is 37.3 Å². The number of rotatable bonds is 4. The van der Waals surface area contributed by atoms with Crippen LogP contribution in [-0.2, 0) is 0 Å². The minimum atomic E-state index is -0.601. The highest BCUT2D eigenvalue weighted by molar-refractivity contribution is 6.04. The average molecular weight is 309 g/mol. The Balaban J connectivity index is 1.93. The van der Waals surface area contributed by atoms with E-state index in [0.29, 0.717) is 28.9 Å². The average Bonchev–Trinajstić information content (AvgIpc) is 2.57. The molecule has 0 saturated carbocycles. The fourth-order valence-corrected chi connectivity index (χ4v) is 2.22. The van der Waals surface area contributed by atoms with Crippen molar-refractivity contribution in [1.29, 1.82) is 0 Å². The Bertz CT molecular complexity index is 900. The molecule has 0 fully saturated rings. The number of carbonyl (C=O) groups excluding carboxylic acids is 1. The summed E-state index contributed by atoms with van der Waals surface area (Å²) >= 11 is 0. The van der Waals surface area contributed by atoms with Gasteiger partial charge in [-0.3, -0.25) is 4.79 Å². The number of carbonyl (C=O) groups is 1. The molecular weight excluding hydrogens is 294 g/mol. The van der Waals surface area contributed by atoms with E-state index < -0.39 is 5.63 Å². The molecule has 0 aliphatic heterocycles. The molecule has 3 aromatic rings. The maximum atomic E-state index is 12.1. The zero-order chi connectivity index (χ0) is 16.2. The molecule has 2 aromatic carbocycles. The first-order chi connectivity index (χ1) is 11.2. The third-order valence-corrected chi connectivity index (χ3v) is 3.30. The van der Waals surface area contributed by atoms with Crippen LogP contribution < -0.4 is 15.7 Å². The highest BCUT2D eigenvalue weighted by Crippen LogP contribution is 2.22. The van der Waals surface area contributed by atoms with Crippen LogP contribution in [0, 0.1) is 0 Å². The first kappa shape index (κ1) is 14.8. The van der Waals surface area contributed by atoms with E-state index in [2.05, 4.69) is 5.32 Å². The van der Waals surface area contributed by atoms with E-state index in [0.717, 1.165) is 0 Å². The number of ether oxygens (including phenoxy) is 1. The summed E-state index contributed by atoms with van der Waals surface area (Å²) in [5, 5.41) is 3.29.